The van der Waals surface area contributed by atoms with Gasteiger partial charge in [-0.1, -0.05) is 32.4 Å². The Balaban J connectivity index is 1.59. The number of piperidine rings is 1. The first-order valence-electron chi connectivity index (χ1n) is 11.4. The number of carboxylic acid groups (broad SMARTS) is 1. The molecule has 0 unspecified atom stereocenters. The third-order valence-corrected chi connectivity index (χ3v) is 6.28. The number of nitrogens with two attached hydrogens (primary N) is 1. The van der Waals surface area contributed by atoms with Crippen molar-refractivity contribution in [1.82, 2.24) is 29.6 Å². The van der Waals surface area contributed by atoms with E-state index in [1.54, 1.807) is 22.9 Å². The summed E-state index contributed by atoms with van der Waals surface area (Å²) in [4.78, 5) is 39.7. The molecule has 13 heteroatoms. The fourth-order valence-corrected chi connectivity index (χ4v) is 4.42. The zero-order valence-electron chi connectivity index (χ0n) is 19.9. The number of nitrogens with one attached hydrogen (secondary N) is 1. The summed E-state index contributed by atoms with van der Waals surface area (Å²) in [5.41, 5.74) is 7.24. The standard InChI is InChI=1S/C23H25ClN8O4/c1-23(2,3)20-27-17(25)15-16(19(33)29-21-26-13-9-11(24)6-7-14(13)36-21)30-32(18(15)28-20)12-5-4-8-31(10-12)22(34)35/h6-7,9,12H,4-5,8,10H2,1-3H3,(H,34,35)(H2,25,27,28)(H,26,29,33)/t12-/m1/s1. The maximum Gasteiger partial charge on any atom is 0.407 e. The van der Waals surface area contributed by atoms with Gasteiger partial charge in [-0.05, 0) is 31.0 Å². The average molecular weight is 513 g/mol. The number of fused-ring (bicyclic) bond motifs is 2. The van der Waals surface area contributed by atoms with Crippen molar-refractivity contribution < 1.29 is 19.1 Å². The smallest absolute Gasteiger partial charge is 0.407 e. The summed E-state index contributed by atoms with van der Waals surface area (Å²) in [7, 11) is 0. The van der Waals surface area contributed by atoms with E-state index >= 15 is 0 Å². The second-order valence-electron chi connectivity index (χ2n) is 9.78. The Bertz CT molecular complexity index is 1510. The number of halogens is 1. The Kier molecular flexibility index (Phi) is 5.70. The van der Waals surface area contributed by atoms with E-state index in [-0.39, 0.29) is 35.5 Å². The first kappa shape index (κ1) is 23.8. The van der Waals surface area contributed by atoms with Crippen molar-refractivity contribution in [3.8, 4) is 0 Å². The molecule has 4 N–H and O–H groups in total. The number of benzene rings is 1. The Morgan fingerprint density at radius 1 is 1.25 bits per heavy atom. The number of likely N-dealkylation sites (tertiary alicyclic amines) is 1. The van der Waals surface area contributed by atoms with Crippen molar-refractivity contribution in [2.75, 3.05) is 24.1 Å². The summed E-state index contributed by atoms with van der Waals surface area (Å²) in [6, 6.07) is 4.58. The van der Waals surface area contributed by atoms with Crippen molar-refractivity contribution in [3.05, 3.63) is 34.7 Å². The van der Waals surface area contributed by atoms with Crippen LogP contribution in [0.1, 0.15) is 56.0 Å². The molecule has 4 heterocycles. The van der Waals surface area contributed by atoms with Crippen molar-refractivity contribution in [1.29, 1.82) is 0 Å². The predicted octanol–water partition coefficient (Wildman–Crippen LogP) is 4.07. The number of carbonyl (C=O) groups excluding carboxylic acids is 1. The minimum atomic E-state index is -1.00. The Labute approximate surface area is 210 Å². The number of anilines is 2. The first-order valence-corrected chi connectivity index (χ1v) is 11.8. The SMILES string of the molecule is CC(C)(C)c1nc(N)c2c(C(=O)Nc3nc4cc(Cl)ccc4o3)nn([C@@H]3CCCN(C(=O)O)C3)c2n1. The molecule has 1 aromatic carbocycles. The minimum absolute atomic E-state index is 0.00399. The van der Waals surface area contributed by atoms with E-state index in [1.165, 1.54) is 4.90 Å². The molecule has 1 atom stereocenters. The van der Waals surface area contributed by atoms with Crippen LogP contribution in [0.25, 0.3) is 22.1 Å². The molecule has 0 saturated carbocycles. The van der Waals surface area contributed by atoms with Crippen LogP contribution in [-0.2, 0) is 5.41 Å². The molecule has 1 saturated heterocycles. The van der Waals surface area contributed by atoms with Crippen molar-refractivity contribution in [3.63, 3.8) is 0 Å². The number of hydrogen-bond donors (Lipinski definition) is 3. The molecule has 4 aromatic rings. The number of nitrogen functional groups attached to an aromatic ring is 1. The molecule has 36 heavy (non-hydrogen) atoms. The van der Waals surface area contributed by atoms with E-state index in [0.717, 1.165) is 0 Å². The molecular weight excluding hydrogens is 488 g/mol. The summed E-state index contributed by atoms with van der Waals surface area (Å²) in [5.74, 6) is -0.0139. The van der Waals surface area contributed by atoms with E-state index < -0.39 is 17.4 Å². The molecule has 188 valence electrons. The van der Waals surface area contributed by atoms with E-state index in [2.05, 4.69) is 20.4 Å². The van der Waals surface area contributed by atoms with Crippen molar-refractivity contribution >= 4 is 57.6 Å². The summed E-state index contributed by atoms with van der Waals surface area (Å²) < 4.78 is 7.21. The Morgan fingerprint density at radius 2 is 2.03 bits per heavy atom. The van der Waals surface area contributed by atoms with Gasteiger partial charge in [0.25, 0.3) is 5.91 Å². The number of amides is 2. The summed E-state index contributed by atoms with van der Waals surface area (Å²) >= 11 is 6.01. The number of aromatic nitrogens is 5. The lowest BCUT2D eigenvalue weighted by atomic mass is 9.95. The lowest BCUT2D eigenvalue weighted by molar-refractivity contribution is 0.101. The maximum absolute atomic E-state index is 13.3. The molecule has 2 amide bonds. The Hall–Kier alpha value is -3.93. The van der Waals surface area contributed by atoms with Gasteiger partial charge in [-0.3, -0.25) is 10.1 Å². The van der Waals surface area contributed by atoms with Gasteiger partial charge in [-0.25, -0.2) is 19.4 Å². The van der Waals surface area contributed by atoms with E-state index in [0.29, 0.717) is 47.0 Å². The molecule has 1 fully saturated rings. The molecular formula is C23H25ClN8O4. The molecule has 3 aromatic heterocycles. The van der Waals surface area contributed by atoms with Gasteiger partial charge in [0.05, 0.1) is 11.4 Å². The normalized spacial score (nSPS) is 16.6. The highest BCUT2D eigenvalue weighted by Gasteiger charge is 2.32. The zero-order chi connectivity index (χ0) is 25.8. The fraction of sp³-hybridized carbons (Fsp3) is 0.391. The highest BCUT2D eigenvalue weighted by atomic mass is 35.5. The molecule has 0 spiro atoms. The maximum atomic E-state index is 13.3. The van der Waals surface area contributed by atoms with Crippen LogP contribution in [0, 0.1) is 0 Å². The molecule has 0 aliphatic carbocycles. The van der Waals surface area contributed by atoms with Crippen molar-refractivity contribution in [2.45, 2.75) is 45.1 Å². The molecule has 0 radical (unpaired) electrons. The van der Waals surface area contributed by atoms with Crippen LogP contribution in [0.15, 0.2) is 22.6 Å². The van der Waals surface area contributed by atoms with Gasteiger partial charge in [0, 0.05) is 23.5 Å². The summed E-state index contributed by atoms with van der Waals surface area (Å²) in [5, 5.41) is 17.5. The zero-order valence-corrected chi connectivity index (χ0v) is 20.7. The largest absolute Gasteiger partial charge is 0.465 e. The monoisotopic (exact) mass is 512 g/mol. The van der Waals surface area contributed by atoms with Crippen LogP contribution in [0.3, 0.4) is 0 Å². The lowest BCUT2D eigenvalue weighted by Gasteiger charge is -2.31. The highest BCUT2D eigenvalue weighted by Crippen LogP contribution is 2.32. The topological polar surface area (TPSA) is 165 Å². The number of hydrogen-bond acceptors (Lipinski definition) is 8. The van der Waals surface area contributed by atoms with Gasteiger partial charge in [0.2, 0.25) is 0 Å². The Morgan fingerprint density at radius 3 is 2.75 bits per heavy atom. The summed E-state index contributed by atoms with van der Waals surface area (Å²) in [6.07, 6.45) is 0.315. The minimum Gasteiger partial charge on any atom is -0.465 e. The third-order valence-electron chi connectivity index (χ3n) is 6.05. The lowest BCUT2D eigenvalue weighted by Crippen LogP contribution is -2.40. The average Bonchev–Trinajstić information content (AvgIpc) is 3.39. The first-order chi connectivity index (χ1) is 17.0. The van der Waals surface area contributed by atoms with E-state index in [1.807, 2.05) is 20.8 Å². The number of rotatable bonds is 3. The van der Waals surface area contributed by atoms with Crippen molar-refractivity contribution in [2.24, 2.45) is 0 Å². The van der Waals surface area contributed by atoms with Gasteiger partial charge in [-0.2, -0.15) is 10.1 Å². The van der Waals surface area contributed by atoms with Crippen LogP contribution in [0.4, 0.5) is 16.6 Å². The molecule has 1 aliphatic heterocycles. The molecule has 1 aliphatic rings. The number of carbonyl (C=O) groups is 2. The van der Waals surface area contributed by atoms with Gasteiger partial charge >= 0.3 is 12.1 Å². The second kappa shape index (κ2) is 8.63. The molecule has 12 nitrogen and oxygen atoms in total. The molecule has 5 rings (SSSR count). The van der Waals surface area contributed by atoms with Crippen LogP contribution < -0.4 is 11.1 Å². The van der Waals surface area contributed by atoms with Crippen LogP contribution in [0.2, 0.25) is 5.02 Å². The van der Waals surface area contributed by atoms with Crippen LogP contribution in [0.5, 0.6) is 0 Å². The van der Waals surface area contributed by atoms with Crippen LogP contribution >= 0.6 is 11.6 Å². The highest BCUT2D eigenvalue weighted by molar-refractivity contribution is 6.31. The number of oxazole rings is 1. The van der Waals surface area contributed by atoms with Gasteiger partial charge in [0.1, 0.15) is 17.2 Å². The van der Waals surface area contributed by atoms with Gasteiger partial charge < -0.3 is 20.2 Å². The van der Waals surface area contributed by atoms with E-state index in [9.17, 15) is 14.7 Å². The van der Waals surface area contributed by atoms with Crippen LogP contribution in [-0.4, -0.2) is 59.8 Å². The quantitative estimate of drug-likeness (QED) is 0.366. The summed E-state index contributed by atoms with van der Waals surface area (Å²) in [6.45, 7) is 6.51. The fourth-order valence-electron chi connectivity index (χ4n) is 4.25. The van der Waals surface area contributed by atoms with Gasteiger partial charge in [-0.15, -0.1) is 0 Å². The van der Waals surface area contributed by atoms with E-state index in [4.69, 9.17) is 26.7 Å². The third kappa shape index (κ3) is 4.28. The predicted molar refractivity (Wildman–Crippen MR) is 133 cm³/mol. The second-order valence-corrected chi connectivity index (χ2v) is 10.2. The van der Waals surface area contributed by atoms with Gasteiger partial charge in [0.15, 0.2) is 16.9 Å². The molecule has 0 bridgehead atoms. The number of nitrogens with zero attached hydrogens (tertiary/aromatic N) is 6.